The van der Waals surface area contributed by atoms with Crippen molar-refractivity contribution in [2.45, 2.75) is 18.8 Å². The third-order valence-electron chi connectivity index (χ3n) is 3.46. The zero-order chi connectivity index (χ0) is 17.6. The molecule has 0 aliphatic rings. The lowest BCUT2D eigenvalue weighted by Gasteiger charge is -2.17. The molecule has 0 aliphatic carbocycles. The lowest BCUT2D eigenvalue weighted by Crippen LogP contribution is -2.29. The van der Waals surface area contributed by atoms with Crippen molar-refractivity contribution in [3.8, 4) is 0 Å². The van der Waals surface area contributed by atoms with Crippen LogP contribution in [0.2, 0.25) is 5.02 Å². The number of benzene rings is 2. The van der Waals surface area contributed by atoms with E-state index >= 15 is 0 Å². The number of nitrogens with one attached hydrogen (secondary N) is 1. The van der Waals surface area contributed by atoms with Crippen LogP contribution in [0.4, 0.5) is 0 Å². The molecular weight excluding hydrogens is 460 g/mol. The lowest BCUT2D eigenvalue weighted by molar-refractivity contribution is 0.190. The van der Waals surface area contributed by atoms with Crippen molar-refractivity contribution in [1.29, 1.82) is 0 Å². The molecule has 0 aliphatic heterocycles. The van der Waals surface area contributed by atoms with Crippen LogP contribution < -0.4 is 5.32 Å². The first kappa shape index (κ1) is 19.9. The highest BCUT2D eigenvalue weighted by Crippen LogP contribution is 2.44. The maximum absolute atomic E-state index is 12.3. The molecule has 2 aromatic rings. The van der Waals surface area contributed by atoms with Gasteiger partial charge in [-0.15, -0.1) is 0 Å². The van der Waals surface area contributed by atoms with Gasteiger partial charge in [-0.05, 0) is 45.9 Å². The van der Waals surface area contributed by atoms with E-state index in [0.717, 1.165) is 14.7 Å². The molecule has 2 aromatic carbocycles. The maximum Gasteiger partial charge on any atom is 0.207 e. The number of aliphatic hydroxyl groups is 1. The van der Waals surface area contributed by atoms with Crippen LogP contribution in [0.1, 0.15) is 11.1 Å². The highest BCUT2D eigenvalue weighted by atomic mass is 127. The van der Waals surface area contributed by atoms with E-state index in [-0.39, 0.29) is 18.9 Å². The number of halogens is 2. The number of aliphatic hydroxyl groups excluding tert-OH is 1. The summed E-state index contributed by atoms with van der Waals surface area (Å²) in [6.45, 7) is 0.797. The molecule has 7 heteroatoms. The van der Waals surface area contributed by atoms with Crippen molar-refractivity contribution in [2.75, 3.05) is 12.7 Å². The molecule has 0 radical (unpaired) electrons. The van der Waals surface area contributed by atoms with Crippen molar-refractivity contribution >= 4 is 41.6 Å². The zero-order valence-corrected chi connectivity index (χ0v) is 16.8. The molecule has 0 amide bonds. The van der Waals surface area contributed by atoms with E-state index in [1.54, 1.807) is 0 Å². The first-order chi connectivity index (χ1) is 11.4. The molecule has 0 heterocycles. The van der Waals surface area contributed by atoms with Gasteiger partial charge in [0.15, 0.2) is 0 Å². The largest absolute Gasteiger partial charge is 0.391 e. The van der Waals surface area contributed by atoms with Gasteiger partial charge in [0.2, 0.25) is 7.37 Å². The summed E-state index contributed by atoms with van der Waals surface area (Å²) in [6.07, 6.45) is -0.913. The van der Waals surface area contributed by atoms with Gasteiger partial charge in [0, 0.05) is 22.8 Å². The van der Waals surface area contributed by atoms with E-state index in [4.69, 9.17) is 11.6 Å². The monoisotopic (exact) mass is 479 g/mol. The second kappa shape index (κ2) is 9.32. The molecule has 0 bridgehead atoms. The van der Waals surface area contributed by atoms with Crippen molar-refractivity contribution in [1.82, 2.24) is 5.32 Å². The van der Waals surface area contributed by atoms with Crippen molar-refractivity contribution < 1.29 is 14.6 Å². The minimum atomic E-state index is -3.41. The van der Waals surface area contributed by atoms with Crippen LogP contribution >= 0.6 is 41.6 Å². The minimum Gasteiger partial charge on any atom is -0.391 e. The van der Waals surface area contributed by atoms with Crippen molar-refractivity contribution in [3.63, 3.8) is 0 Å². The topological polar surface area (TPSA) is 69.6 Å². The van der Waals surface area contributed by atoms with Crippen LogP contribution in [0.3, 0.4) is 0 Å². The van der Waals surface area contributed by atoms with Gasteiger partial charge in [0.05, 0.1) is 17.3 Å². The van der Waals surface area contributed by atoms with E-state index in [2.05, 4.69) is 27.9 Å². The Kier molecular flexibility index (Phi) is 7.72. The highest BCUT2D eigenvalue weighted by Gasteiger charge is 2.23. The summed E-state index contributed by atoms with van der Waals surface area (Å²) in [5, 5.41) is 13.8. The van der Waals surface area contributed by atoms with E-state index in [1.165, 1.54) is 0 Å². The molecule has 3 N–H and O–H groups in total. The third-order valence-corrected chi connectivity index (χ3v) is 6.89. The Morgan fingerprint density at radius 1 is 1.17 bits per heavy atom. The summed E-state index contributed by atoms with van der Waals surface area (Å²) in [6, 6.07) is 14.9. The predicted octanol–water partition coefficient (Wildman–Crippen LogP) is 3.87. The van der Waals surface area contributed by atoms with Crippen LogP contribution in [-0.2, 0) is 17.3 Å². The molecule has 2 rings (SSSR count). The third kappa shape index (κ3) is 6.82. The van der Waals surface area contributed by atoms with Crippen LogP contribution in [0.5, 0.6) is 0 Å². The molecule has 0 spiro atoms. The Hall–Kier alpha value is -0.430. The van der Waals surface area contributed by atoms with Crippen LogP contribution in [0.15, 0.2) is 48.5 Å². The van der Waals surface area contributed by atoms with Gasteiger partial charge >= 0.3 is 0 Å². The number of hydrogen-bond acceptors (Lipinski definition) is 3. The zero-order valence-electron chi connectivity index (χ0n) is 13.0. The average Bonchev–Trinajstić information content (AvgIpc) is 2.50. The van der Waals surface area contributed by atoms with Crippen molar-refractivity contribution in [3.05, 3.63) is 68.3 Å². The average molecular weight is 480 g/mol. The Labute approximate surface area is 160 Å². The summed E-state index contributed by atoms with van der Waals surface area (Å²) >= 11 is 8.23. The van der Waals surface area contributed by atoms with E-state index in [9.17, 15) is 14.6 Å². The summed E-state index contributed by atoms with van der Waals surface area (Å²) in [5.74, 6) is 0. The fourth-order valence-electron chi connectivity index (χ4n) is 2.36. The van der Waals surface area contributed by atoms with E-state index in [0.29, 0.717) is 11.6 Å². The normalized spacial score (nSPS) is 15.0. The second-order valence-electron chi connectivity index (χ2n) is 5.71. The van der Waals surface area contributed by atoms with E-state index < -0.39 is 13.5 Å². The van der Waals surface area contributed by atoms with Gasteiger partial charge in [-0.25, -0.2) is 0 Å². The molecule has 4 nitrogen and oxygen atoms in total. The maximum atomic E-state index is 12.3. The van der Waals surface area contributed by atoms with Crippen molar-refractivity contribution in [2.24, 2.45) is 0 Å². The fourth-order valence-corrected chi connectivity index (χ4v) is 4.60. The first-order valence-electron chi connectivity index (χ1n) is 7.53. The second-order valence-corrected chi connectivity index (χ2v) is 9.65. The van der Waals surface area contributed by atoms with Crippen LogP contribution in [0, 0.1) is 3.57 Å². The van der Waals surface area contributed by atoms with Gasteiger partial charge in [-0.1, -0.05) is 48.0 Å². The molecule has 24 heavy (non-hydrogen) atoms. The highest BCUT2D eigenvalue weighted by molar-refractivity contribution is 14.1. The summed E-state index contributed by atoms with van der Waals surface area (Å²) in [4.78, 5) is 10.1. The molecule has 0 saturated carbocycles. The number of hydrogen-bond donors (Lipinski definition) is 3. The van der Waals surface area contributed by atoms with Gasteiger partial charge < -0.3 is 15.3 Å². The minimum absolute atomic E-state index is 0.0810. The Morgan fingerprint density at radius 2 is 1.88 bits per heavy atom. The smallest absolute Gasteiger partial charge is 0.207 e. The standard InChI is InChI=1S/C17H20ClINO3P/c18-16-8-14(6-7-17(16)19)9-20-10-15(21)12-24(22,23)11-13-4-2-1-3-5-13/h1-8,15,20-21H,9-12H2,(H,22,23)/t15-/m1/s1. The Balaban J connectivity index is 1.78. The van der Waals surface area contributed by atoms with Gasteiger partial charge in [0.1, 0.15) is 0 Å². The SMILES string of the molecule is O=P(O)(Cc1ccccc1)C[C@H](O)CNCc1ccc(I)c(Cl)c1. The molecule has 1 unspecified atom stereocenters. The van der Waals surface area contributed by atoms with Gasteiger partial charge in [0.25, 0.3) is 0 Å². The fraction of sp³-hybridized carbons (Fsp3) is 0.294. The molecule has 0 saturated heterocycles. The predicted molar refractivity (Wildman–Crippen MR) is 107 cm³/mol. The molecule has 130 valence electrons. The Bertz CT molecular complexity index is 714. The van der Waals surface area contributed by atoms with Crippen LogP contribution in [-0.4, -0.2) is 28.8 Å². The van der Waals surface area contributed by atoms with Gasteiger partial charge in [-0.3, -0.25) is 4.57 Å². The van der Waals surface area contributed by atoms with Gasteiger partial charge in [-0.2, -0.15) is 0 Å². The summed E-state index contributed by atoms with van der Waals surface area (Å²) < 4.78 is 13.2. The molecule has 2 atom stereocenters. The van der Waals surface area contributed by atoms with E-state index in [1.807, 2.05) is 48.5 Å². The molecule has 0 fully saturated rings. The quantitative estimate of drug-likeness (QED) is 0.397. The Morgan fingerprint density at radius 3 is 2.54 bits per heavy atom. The van der Waals surface area contributed by atoms with Crippen LogP contribution in [0.25, 0.3) is 0 Å². The lowest BCUT2D eigenvalue weighted by atomic mass is 10.2. The molecule has 0 aromatic heterocycles. The first-order valence-corrected chi connectivity index (χ1v) is 11.0. The summed E-state index contributed by atoms with van der Waals surface area (Å²) in [7, 11) is -3.41. The molecular formula is C17H20ClINO3P. The summed E-state index contributed by atoms with van der Waals surface area (Å²) in [5.41, 5.74) is 1.81. The number of rotatable bonds is 8.